The van der Waals surface area contributed by atoms with E-state index in [9.17, 15) is 14.7 Å². The Morgan fingerprint density at radius 3 is 2.70 bits per heavy atom. The van der Waals surface area contributed by atoms with Crippen LogP contribution in [-0.4, -0.2) is 40.8 Å². The van der Waals surface area contributed by atoms with Crippen molar-refractivity contribution in [3.05, 3.63) is 69.3 Å². The summed E-state index contributed by atoms with van der Waals surface area (Å²) >= 11 is 3.79. The number of benzene rings is 2. The van der Waals surface area contributed by atoms with E-state index in [0.29, 0.717) is 44.0 Å². The first-order chi connectivity index (χ1) is 19.0. The maximum absolute atomic E-state index is 12.6. The molecule has 0 aliphatic heterocycles. The molecule has 3 atom stereocenters. The summed E-state index contributed by atoms with van der Waals surface area (Å²) in [5.74, 6) is -0.659. The zero-order valence-corrected chi connectivity index (χ0v) is 25.2. The second-order valence-corrected chi connectivity index (χ2v) is 12.9. The van der Waals surface area contributed by atoms with Gasteiger partial charge < -0.3 is 20.2 Å². The number of nitrogens with one attached hydrogen (secondary N) is 2. The van der Waals surface area contributed by atoms with Gasteiger partial charge in [0.1, 0.15) is 12.3 Å². The summed E-state index contributed by atoms with van der Waals surface area (Å²) in [5, 5.41) is 18.8. The number of hydrogen-bond donors (Lipinski definition) is 3. The van der Waals surface area contributed by atoms with Gasteiger partial charge in [-0.2, -0.15) is 0 Å². The van der Waals surface area contributed by atoms with Gasteiger partial charge in [-0.3, -0.25) is 9.59 Å². The molecule has 2 aliphatic rings. The maximum Gasteiger partial charge on any atom is 0.309 e. The van der Waals surface area contributed by atoms with Gasteiger partial charge in [-0.15, -0.1) is 0 Å². The number of aromatic amines is 1. The number of nitrogens with zero attached hydrogens (tertiary/aromatic N) is 1. The third-order valence-electron chi connectivity index (χ3n) is 9.15. The standard InChI is InChI=1S/C32H38BrN3O4/c1-19(2)21-16-22-23(17-24(21)33)31(3)11-7-12-32(4,30(38)39)28(31)18-26(22)36-40-14-8-13-34-29(37)27-15-20-9-5-6-10-25(20)35-27/h5-6,9-10,15-17,19,28,35H,7-8,11-14,18H2,1-4H3,(H,34,37)(H,38,39)/b36-26+/t28-,31-,32-/m1/s1. The first-order valence-electron chi connectivity index (χ1n) is 14.2. The number of rotatable bonds is 8. The maximum atomic E-state index is 12.6. The van der Waals surface area contributed by atoms with E-state index in [1.54, 1.807) is 0 Å². The molecule has 7 nitrogen and oxygen atoms in total. The lowest BCUT2D eigenvalue weighted by molar-refractivity contribution is -0.156. The summed E-state index contributed by atoms with van der Waals surface area (Å²) < 4.78 is 1.05. The summed E-state index contributed by atoms with van der Waals surface area (Å²) in [6.45, 7) is 9.26. The Morgan fingerprint density at radius 2 is 1.98 bits per heavy atom. The Hall–Kier alpha value is -3.13. The molecule has 1 saturated carbocycles. The lowest BCUT2D eigenvalue weighted by Crippen LogP contribution is -2.53. The van der Waals surface area contributed by atoms with Gasteiger partial charge in [-0.25, -0.2) is 0 Å². The number of aromatic nitrogens is 1. The molecule has 1 amide bonds. The van der Waals surface area contributed by atoms with Crippen molar-refractivity contribution in [1.29, 1.82) is 0 Å². The largest absolute Gasteiger partial charge is 0.481 e. The lowest BCUT2D eigenvalue weighted by Gasteiger charge is -2.53. The van der Waals surface area contributed by atoms with Crippen LogP contribution in [-0.2, 0) is 15.0 Å². The van der Waals surface area contributed by atoms with Gasteiger partial charge in [0.15, 0.2) is 0 Å². The van der Waals surface area contributed by atoms with Crippen molar-refractivity contribution in [2.24, 2.45) is 16.5 Å². The second kappa shape index (κ2) is 11.0. The molecule has 2 aromatic carbocycles. The van der Waals surface area contributed by atoms with E-state index in [1.807, 2.05) is 37.3 Å². The van der Waals surface area contributed by atoms with E-state index in [-0.39, 0.29) is 17.2 Å². The molecule has 5 rings (SSSR count). The van der Waals surface area contributed by atoms with Crippen molar-refractivity contribution in [1.82, 2.24) is 10.3 Å². The highest BCUT2D eigenvalue weighted by Crippen LogP contribution is 2.58. The summed E-state index contributed by atoms with van der Waals surface area (Å²) in [5.41, 5.74) is 4.60. The van der Waals surface area contributed by atoms with Gasteiger partial charge in [0.2, 0.25) is 0 Å². The number of H-pyrrole nitrogens is 1. The number of aliphatic carboxylic acids is 1. The highest BCUT2D eigenvalue weighted by molar-refractivity contribution is 9.10. The van der Waals surface area contributed by atoms with Crippen LogP contribution in [0.5, 0.6) is 0 Å². The first kappa shape index (κ1) is 28.4. The molecule has 2 aliphatic carbocycles. The zero-order chi connectivity index (χ0) is 28.7. The first-order valence-corrected chi connectivity index (χ1v) is 15.0. The summed E-state index contributed by atoms with van der Waals surface area (Å²) in [4.78, 5) is 34.0. The number of oxime groups is 1. The van der Waals surface area contributed by atoms with Crippen molar-refractivity contribution in [3.8, 4) is 0 Å². The molecule has 1 fully saturated rings. The predicted molar refractivity (Wildman–Crippen MR) is 161 cm³/mol. The van der Waals surface area contributed by atoms with Crippen molar-refractivity contribution >= 4 is 44.4 Å². The average Bonchev–Trinajstić information content (AvgIpc) is 3.35. The smallest absolute Gasteiger partial charge is 0.309 e. The number of carboxylic acid groups (broad SMARTS) is 1. The van der Waals surface area contributed by atoms with Crippen LogP contribution in [0, 0.1) is 11.3 Å². The summed E-state index contributed by atoms with van der Waals surface area (Å²) in [6.07, 6.45) is 3.65. The lowest BCUT2D eigenvalue weighted by atomic mass is 9.49. The van der Waals surface area contributed by atoms with E-state index >= 15 is 0 Å². The monoisotopic (exact) mass is 607 g/mol. The van der Waals surface area contributed by atoms with Crippen LogP contribution in [0.2, 0.25) is 0 Å². The van der Waals surface area contributed by atoms with Gasteiger partial charge in [0.25, 0.3) is 5.91 Å². The van der Waals surface area contributed by atoms with Gasteiger partial charge >= 0.3 is 5.97 Å². The second-order valence-electron chi connectivity index (χ2n) is 12.1. The number of fused-ring (bicyclic) bond motifs is 4. The van der Waals surface area contributed by atoms with Crippen LogP contribution in [0.15, 0.2) is 52.1 Å². The van der Waals surface area contributed by atoms with Gasteiger partial charge in [0.05, 0.1) is 11.1 Å². The average molecular weight is 609 g/mol. The number of carbonyl (C=O) groups excluding carboxylic acids is 1. The third kappa shape index (κ3) is 5.06. The molecule has 0 radical (unpaired) electrons. The fraction of sp³-hybridized carbons (Fsp3) is 0.469. The highest BCUT2D eigenvalue weighted by atomic mass is 79.9. The van der Waals surface area contributed by atoms with Crippen LogP contribution in [0.1, 0.15) is 92.9 Å². The predicted octanol–water partition coefficient (Wildman–Crippen LogP) is 7.15. The number of carboxylic acids is 1. The summed E-state index contributed by atoms with van der Waals surface area (Å²) in [6, 6.07) is 14.0. The Bertz CT molecular complexity index is 1450. The number of halogens is 1. The fourth-order valence-corrected chi connectivity index (χ4v) is 7.59. The van der Waals surface area contributed by atoms with Crippen LogP contribution < -0.4 is 5.32 Å². The van der Waals surface area contributed by atoms with E-state index in [2.05, 4.69) is 64.3 Å². The molecule has 212 valence electrons. The Morgan fingerprint density at radius 1 is 1.20 bits per heavy atom. The quantitative estimate of drug-likeness (QED) is 0.187. The van der Waals surface area contributed by atoms with Crippen molar-refractivity contribution in [2.75, 3.05) is 13.2 Å². The van der Waals surface area contributed by atoms with Gasteiger partial charge in [-0.05, 0) is 78.8 Å². The van der Waals surface area contributed by atoms with E-state index < -0.39 is 11.4 Å². The number of carbonyl (C=O) groups is 2. The van der Waals surface area contributed by atoms with Crippen LogP contribution in [0.4, 0.5) is 0 Å². The van der Waals surface area contributed by atoms with Crippen LogP contribution in [0.3, 0.4) is 0 Å². The third-order valence-corrected chi connectivity index (χ3v) is 9.84. The minimum atomic E-state index is -0.832. The number of hydrogen-bond acceptors (Lipinski definition) is 4. The fourth-order valence-electron chi connectivity index (χ4n) is 6.79. The molecule has 1 heterocycles. The highest BCUT2D eigenvalue weighted by Gasteiger charge is 2.56. The van der Waals surface area contributed by atoms with E-state index in [0.717, 1.165) is 45.1 Å². The molecule has 0 bridgehead atoms. The van der Waals surface area contributed by atoms with Crippen molar-refractivity contribution in [3.63, 3.8) is 0 Å². The molecular weight excluding hydrogens is 570 g/mol. The molecule has 0 saturated heterocycles. The number of amides is 1. The SMILES string of the molecule is CC(C)c1cc2c(cc1Br)[C@@]1(C)CCC[C@@](C)(C(=O)O)[C@@H]1C/C2=N\OCCCNC(=O)c1cc2ccccc2[nH]1. The molecule has 3 aromatic rings. The minimum Gasteiger partial charge on any atom is -0.481 e. The van der Waals surface area contributed by atoms with E-state index in [4.69, 9.17) is 4.84 Å². The molecule has 1 aromatic heterocycles. The number of para-hydroxylation sites is 1. The molecule has 8 heteroatoms. The molecular formula is C32H38BrN3O4. The van der Waals surface area contributed by atoms with Crippen molar-refractivity contribution < 1.29 is 19.5 Å². The van der Waals surface area contributed by atoms with E-state index in [1.165, 1.54) is 5.56 Å². The Labute approximate surface area is 243 Å². The molecule has 40 heavy (non-hydrogen) atoms. The van der Waals surface area contributed by atoms with Crippen molar-refractivity contribution in [2.45, 2.75) is 71.1 Å². The molecule has 3 N–H and O–H groups in total. The minimum absolute atomic E-state index is 0.0894. The normalized spacial score (nSPS) is 25.1. The molecule has 0 spiro atoms. The van der Waals surface area contributed by atoms with Gasteiger partial charge in [-0.1, -0.05) is 66.5 Å². The molecule has 0 unspecified atom stereocenters. The van der Waals surface area contributed by atoms with Crippen LogP contribution >= 0.6 is 15.9 Å². The zero-order valence-electron chi connectivity index (χ0n) is 23.6. The van der Waals surface area contributed by atoms with Crippen LogP contribution in [0.25, 0.3) is 10.9 Å². The van der Waals surface area contributed by atoms with Gasteiger partial charge in [0, 0.05) is 33.9 Å². The Kier molecular flexibility index (Phi) is 7.83. The Balaban J connectivity index is 1.31. The topological polar surface area (TPSA) is 104 Å². The summed E-state index contributed by atoms with van der Waals surface area (Å²) in [7, 11) is 0.